The van der Waals surface area contributed by atoms with Crippen LogP contribution in [-0.2, 0) is 4.79 Å². The third-order valence-corrected chi connectivity index (χ3v) is 2.71. The molecular formula is C6H10N2O2S. The molecule has 5 heteroatoms. The fourth-order valence-corrected chi connectivity index (χ4v) is 1.60. The van der Waals surface area contributed by atoms with Crippen LogP contribution in [0.4, 0.5) is 0 Å². The van der Waals surface area contributed by atoms with Crippen molar-refractivity contribution in [1.82, 2.24) is 5.32 Å². The fourth-order valence-electron chi connectivity index (χ4n) is 0.785. The summed E-state index contributed by atoms with van der Waals surface area (Å²) in [6.07, 6.45) is 0. The second-order valence-corrected chi connectivity index (χ2v) is 4.00. The number of hydrogen-bond acceptors (Lipinski definition) is 4. The molecule has 1 heterocycles. The topological polar surface area (TPSA) is 61.7 Å². The summed E-state index contributed by atoms with van der Waals surface area (Å²) < 4.78 is 0. The summed E-state index contributed by atoms with van der Waals surface area (Å²) in [5, 5.41) is 14.0. The molecule has 0 aromatic heterocycles. The van der Waals surface area contributed by atoms with E-state index in [1.54, 1.807) is 0 Å². The summed E-state index contributed by atoms with van der Waals surface area (Å²) in [4.78, 5) is 11.0. The Bertz CT molecular complexity index is 213. The van der Waals surface area contributed by atoms with Crippen molar-refractivity contribution in [3.05, 3.63) is 0 Å². The Balaban J connectivity index is 2.70. The van der Waals surface area contributed by atoms with Gasteiger partial charge in [-0.25, -0.2) is 0 Å². The summed E-state index contributed by atoms with van der Waals surface area (Å²) in [6.45, 7) is 3.85. The quantitative estimate of drug-likeness (QED) is 0.413. The second-order valence-electron chi connectivity index (χ2n) is 3.03. The number of hydrogen-bond donors (Lipinski definition) is 2. The predicted molar refractivity (Wildman–Crippen MR) is 43.9 cm³/mol. The lowest BCUT2D eigenvalue weighted by Gasteiger charge is -2.29. The zero-order valence-electron chi connectivity index (χ0n) is 6.42. The molecule has 1 amide bonds. The summed E-state index contributed by atoms with van der Waals surface area (Å²) in [5.41, 5.74) is -0.198. The van der Waals surface area contributed by atoms with E-state index in [1.807, 2.05) is 13.8 Å². The molecule has 62 valence electrons. The van der Waals surface area contributed by atoms with Gasteiger partial charge in [0.1, 0.15) is 0 Å². The molecule has 4 nitrogen and oxygen atoms in total. The molecule has 0 aromatic carbocycles. The van der Waals surface area contributed by atoms with E-state index in [9.17, 15) is 4.79 Å². The molecule has 1 aliphatic heterocycles. The minimum Gasteiger partial charge on any atom is -0.410 e. The Morgan fingerprint density at radius 3 is 2.82 bits per heavy atom. The molecule has 0 spiro atoms. The molecule has 0 aliphatic carbocycles. The van der Waals surface area contributed by atoms with E-state index < -0.39 is 0 Å². The summed E-state index contributed by atoms with van der Waals surface area (Å²) in [6, 6.07) is 0. The van der Waals surface area contributed by atoms with Crippen LogP contribution in [-0.4, -0.2) is 27.4 Å². The van der Waals surface area contributed by atoms with Crippen molar-refractivity contribution in [1.29, 1.82) is 0 Å². The lowest BCUT2D eigenvalue weighted by atomic mass is 10.1. The van der Waals surface area contributed by atoms with Crippen molar-refractivity contribution in [2.75, 3.05) is 5.75 Å². The number of nitrogens with one attached hydrogen (secondary N) is 1. The standard InChI is InChI=1S/C6H10N2O2S/c1-6(2)3-11-5(8-10)4(9)7-6/h10H,3H2,1-2H3,(H,7,9). The normalized spacial score (nSPS) is 26.7. The van der Waals surface area contributed by atoms with E-state index in [4.69, 9.17) is 5.21 Å². The Morgan fingerprint density at radius 1 is 1.73 bits per heavy atom. The van der Waals surface area contributed by atoms with Gasteiger partial charge < -0.3 is 10.5 Å². The molecule has 0 atom stereocenters. The van der Waals surface area contributed by atoms with Crippen LogP contribution in [0.2, 0.25) is 0 Å². The number of thioether (sulfide) groups is 1. The van der Waals surface area contributed by atoms with E-state index in [0.29, 0.717) is 0 Å². The van der Waals surface area contributed by atoms with Gasteiger partial charge in [-0.3, -0.25) is 4.79 Å². The van der Waals surface area contributed by atoms with Gasteiger partial charge in [0.2, 0.25) is 5.04 Å². The molecule has 11 heavy (non-hydrogen) atoms. The number of carbonyl (C=O) groups is 1. The van der Waals surface area contributed by atoms with Crippen LogP contribution in [0.1, 0.15) is 13.8 Å². The predicted octanol–water partition coefficient (Wildman–Crippen LogP) is 0.416. The number of nitrogens with zero attached hydrogens (tertiary/aromatic N) is 1. The molecule has 0 aromatic rings. The zero-order chi connectivity index (χ0) is 8.48. The maximum atomic E-state index is 11.0. The van der Waals surface area contributed by atoms with Gasteiger partial charge in [-0.2, -0.15) is 0 Å². The Kier molecular flexibility index (Phi) is 2.08. The van der Waals surface area contributed by atoms with Gasteiger partial charge in [0, 0.05) is 11.3 Å². The van der Waals surface area contributed by atoms with Crippen LogP contribution >= 0.6 is 11.8 Å². The molecule has 0 radical (unpaired) electrons. The van der Waals surface area contributed by atoms with Gasteiger partial charge in [0.25, 0.3) is 5.91 Å². The highest BCUT2D eigenvalue weighted by Gasteiger charge is 2.30. The van der Waals surface area contributed by atoms with Crippen LogP contribution in [0.25, 0.3) is 0 Å². The van der Waals surface area contributed by atoms with Crippen molar-refractivity contribution in [2.24, 2.45) is 5.16 Å². The molecular weight excluding hydrogens is 164 g/mol. The van der Waals surface area contributed by atoms with Gasteiger partial charge in [-0.15, -0.1) is 0 Å². The van der Waals surface area contributed by atoms with Crippen LogP contribution in [0.5, 0.6) is 0 Å². The monoisotopic (exact) mass is 174 g/mol. The number of rotatable bonds is 0. The maximum absolute atomic E-state index is 11.0. The lowest BCUT2D eigenvalue weighted by molar-refractivity contribution is -0.116. The third kappa shape index (κ3) is 1.86. The average Bonchev–Trinajstić information content (AvgIpc) is 1.86. The average molecular weight is 174 g/mol. The van der Waals surface area contributed by atoms with Crippen LogP contribution in [0, 0.1) is 0 Å². The minimum absolute atomic E-state index is 0.143. The Hall–Kier alpha value is -0.710. The Labute approximate surface area is 69.0 Å². The van der Waals surface area contributed by atoms with Crippen molar-refractivity contribution in [3.63, 3.8) is 0 Å². The highest BCUT2D eigenvalue weighted by Crippen LogP contribution is 2.19. The van der Waals surface area contributed by atoms with Gasteiger partial charge >= 0.3 is 0 Å². The maximum Gasteiger partial charge on any atom is 0.280 e. The molecule has 0 saturated carbocycles. The molecule has 1 rings (SSSR count). The first-order valence-electron chi connectivity index (χ1n) is 3.22. The van der Waals surface area contributed by atoms with Gasteiger partial charge in [0.05, 0.1) is 0 Å². The number of oxime groups is 1. The van der Waals surface area contributed by atoms with Crippen molar-refractivity contribution in [2.45, 2.75) is 19.4 Å². The lowest BCUT2D eigenvalue weighted by Crippen LogP contribution is -2.51. The summed E-state index contributed by atoms with van der Waals surface area (Å²) in [7, 11) is 0. The molecule has 1 aliphatic rings. The first-order valence-corrected chi connectivity index (χ1v) is 4.21. The minimum atomic E-state index is -0.297. The molecule has 0 bridgehead atoms. The van der Waals surface area contributed by atoms with Crippen LogP contribution < -0.4 is 5.32 Å². The van der Waals surface area contributed by atoms with Crippen LogP contribution in [0.3, 0.4) is 0 Å². The summed E-state index contributed by atoms with van der Waals surface area (Å²) >= 11 is 1.27. The van der Waals surface area contributed by atoms with Crippen molar-refractivity contribution >= 4 is 22.7 Å². The smallest absolute Gasteiger partial charge is 0.280 e. The van der Waals surface area contributed by atoms with Crippen LogP contribution in [0.15, 0.2) is 5.16 Å². The number of carbonyl (C=O) groups excluding carboxylic acids is 1. The van der Waals surface area contributed by atoms with Gasteiger partial charge in [0.15, 0.2) is 0 Å². The first-order chi connectivity index (χ1) is 5.05. The van der Waals surface area contributed by atoms with E-state index in [2.05, 4.69) is 10.5 Å². The van der Waals surface area contributed by atoms with E-state index in [-0.39, 0.29) is 16.5 Å². The van der Waals surface area contributed by atoms with E-state index in [0.717, 1.165) is 5.75 Å². The largest absolute Gasteiger partial charge is 0.410 e. The zero-order valence-corrected chi connectivity index (χ0v) is 7.23. The molecule has 1 fully saturated rings. The summed E-state index contributed by atoms with van der Waals surface area (Å²) in [5.74, 6) is 0.437. The fraction of sp³-hybridized carbons (Fsp3) is 0.667. The number of amides is 1. The molecule has 0 unspecified atom stereocenters. The van der Waals surface area contributed by atoms with Crippen molar-refractivity contribution < 1.29 is 10.0 Å². The van der Waals surface area contributed by atoms with E-state index in [1.165, 1.54) is 11.8 Å². The van der Waals surface area contributed by atoms with Gasteiger partial charge in [-0.1, -0.05) is 16.9 Å². The highest BCUT2D eigenvalue weighted by molar-refractivity contribution is 8.15. The Morgan fingerprint density at radius 2 is 2.36 bits per heavy atom. The SMILES string of the molecule is CC1(C)CSC(=NO)C(=O)N1. The molecule has 1 saturated heterocycles. The van der Waals surface area contributed by atoms with Gasteiger partial charge in [-0.05, 0) is 13.8 Å². The van der Waals surface area contributed by atoms with E-state index >= 15 is 0 Å². The highest BCUT2D eigenvalue weighted by atomic mass is 32.2. The molecule has 2 N–H and O–H groups in total. The third-order valence-electron chi connectivity index (χ3n) is 1.31. The second kappa shape index (κ2) is 2.73. The first kappa shape index (κ1) is 8.39. The van der Waals surface area contributed by atoms with Crippen molar-refractivity contribution in [3.8, 4) is 0 Å².